The summed E-state index contributed by atoms with van der Waals surface area (Å²) in [5, 5.41) is 0. The first-order chi connectivity index (χ1) is 26.9. The van der Waals surface area contributed by atoms with Crippen molar-refractivity contribution in [2.45, 2.75) is 155 Å². The van der Waals surface area contributed by atoms with E-state index in [1.165, 1.54) is 96.3 Å². The van der Waals surface area contributed by atoms with Crippen LogP contribution >= 0.6 is 77.5 Å². The van der Waals surface area contributed by atoms with Gasteiger partial charge in [-0.25, -0.2) is 0 Å². The number of hydrogen-bond donors (Lipinski definition) is 6. The van der Waals surface area contributed by atoms with Crippen molar-refractivity contribution >= 4 is 77.5 Å². The van der Waals surface area contributed by atoms with Crippen molar-refractivity contribution < 1.29 is 25.1 Å². The Morgan fingerprint density at radius 1 is 0.309 bits per heavy atom. The Balaban J connectivity index is 5.97. The number of nitrogens with zero attached hydrogens (tertiary/aromatic N) is 4. The molecule has 0 aromatic heterocycles. The number of hydrogen-bond acceptors (Lipinski definition) is 16. The molecule has 0 aliphatic heterocycles. The van der Waals surface area contributed by atoms with E-state index < -0.39 is 0 Å². The lowest BCUT2D eigenvalue weighted by Gasteiger charge is -2.35. The predicted molar refractivity (Wildman–Crippen MR) is 252 cm³/mol. The molecule has 0 amide bonds. The van der Waals surface area contributed by atoms with E-state index in [1.54, 1.807) is 0 Å². The normalized spacial score (nSPS) is 13.9. The summed E-state index contributed by atoms with van der Waals surface area (Å²) in [5.41, 5.74) is 0. The molecule has 332 valence electrons. The predicted octanol–water partition coefficient (Wildman–Crippen LogP) is 9.55. The minimum Gasteiger partial charge on any atom is -0.317 e. The highest BCUT2D eigenvalue weighted by molar-refractivity contribution is 7.75. The van der Waals surface area contributed by atoms with Crippen molar-refractivity contribution in [1.29, 1.82) is 0 Å². The maximum absolute atomic E-state index is 5.90. The molecule has 3 unspecified atom stereocenters. The fourth-order valence-electron chi connectivity index (χ4n) is 7.06. The molecule has 0 saturated carbocycles. The monoisotopic (exact) mass is 896 g/mol. The largest absolute Gasteiger partial charge is 0.317 e. The van der Waals surface area contributed by atoms with E-state index in [1.807, 2.05) is 0 Å². The van der Waals surface area contributed by atoms with Crippen molar-refractivity contribution in [3.05, 3.63) is 0 Å². The van der Waals surface area contributed by atoms with Gasteiger partial charge >= 0.3 is 0 Å². The van der Waals surface area contributed by atoms with Crippen LogP contribution in [0.25, 0.3) is 0 Å². The van der Waals surface area contributed by atoms with E-state index in [0.717, 1.165) is 78.2 Å². The van der Waals surface area contributed by atoms with Crippen LogP contribution in [0, 0.1) is 0 Å². The van der Waals surface area contributed by atoms with Gasteiger partial charge in [0.2, 0.25) is 0 Å². The Bertz CT molecular complexity index is 687. The van der Waals surface area contributed by atoms with Gasteiger partial charge in [0.15, 0.2) is 0 Å². The van der Waals surface area contributed by atoms with E-state index in [0.29, 0.717) is 39.5 Å². The molecule has 0 aliphatic carbocycles. The number of thiol groups is 6. The molecule has 0 fully saturated rings. The first kappa shape index (κ1) is 56.7. The van der Waals surface area contributed by atoms with Gasteiger partial charge < -0.3 is 25.1 Å². The van der Waals surface area contributed by atoms with Gasteiger partial charge in [-0.3, -0.25) is 19.6 Å². The van der Waals surface area contributed by atoms with Crippen LogP contribution in [0.3, 0.4) is 0 Å². The molecule has 0 N–H and O–H groups in total. The molecule has 55 heavy (non-hydrogen) atoms. The highest BCUT2D eigenvalue weighted by Gasteiger charge is 2.26. The average Bonchev–Trinajstić information content (AvgIpc) is 3.20. The van der Waals surface area contributed by atoms with Crippen molar-refractivity contribution in [2.24, 2.45) is 0 Å². The van der Waals surface area contributed by atoms with Crippen molar-refractivity contribution in [3.8, 4) is 0 Å². The molecule has 0 radical (unpaired) electrons. The Labute approximate surface area is 373 Å². The molecular formula is C39H84N4O6S6. The highest BCUT2D eigenvalue weighted by Crippen LogP contribution is 2.15. The zero-order chi connectivity index (χ0) is 40.6. The lowest BCUT2D eigenvalue weighted by Crippen LogP contribution is -2.50. The quantitative estimate of drug-likeness (QED) is 0.0203. The third-order valence-corrected chi connectivity index (χ3v) is 11.6. The summed E-state index contributed by atoms with van der Waals surface area (Å²) < 4.78 is 33.3. The molecule has 0 heterocycles. The molecule has 16 heteroatoms. The van der Waals surface area contributed by atoms with Crippen LogP contribution in [0.5, 0.6) is 0 Å². The fourth-order valence-corrected chi connectivity index (χ4v) is 7.71. The van der Waals surface area contributed by atoms with Crippen molar-refractivity contribution in [2.75, 3.05) is 98.4 Å². The molecule has 0 aliphatic rings. The van der Waals surface area contributed by atoms with Gasteiger partial charge in [0.05, 0.1) is 38.1 Å². The molecule has 0 saturated heterocycles. The summed E-state index contributed by atoms with van der Waals surface area (Å²) in [6, 6.07) is 0. The third kappa shape index (κ3) is 35.0. The van der Waals surface area contributed by atoms with E-state index >= 15 is 0 Å². The molecule has 0 aromatic rings. The van der Waals surface area contributed by atoms with Crippen LogP contribution in [0.15, 0.2) is 0 Å². The molecule has 3 atom stereocenters. The van der Waals surface area contributed by atoms with Gasteiger partial charge in [-0.1, -0.05) is 117 Å². The second kappa shape index (κ2) is 43.8. The molecule has 0 aromatic carbocycles. The van der Waals surface area contributed by atoms with Gasteiger partial charge in [-0.05, 0) is 116 Å². The minimum absolute atomic E-state index is 0.168. The summed E-state index contributed by atoms with van der Waals surface area (Å²) in [4.78, 5) is 9.60. The van der Waals surface area contributed by atoms with Crippen molar-refractivity contribution in [3.63, 3.8) is 0 Å². The van der Waals surface area contributed by atoms with Gasteiger partial charge in [-0.2, -0.15) is 0 Å². The van der Waals surface area contributed by atoms with Crippen LogP contribution in [-0.2, 0) is 25.1 Å². The molecule has 0 bridgehead atoms. The summed E-state index contributed by atoms with van der Waals surface area (Å²) in [6.45, 7) is 17.7. The van der Waals surface area contributed by atoms with Crippen LogP contribution in [0.2, 0.25) is 0 Å². The van der Waals surface area contributed by atoms with E-state index in [-0.39, 0.29) is 18.3 Å². The maximum Gasteiger partial charge on any atom is 0.0972 e. The van der Waals surface area contributed by atoms with E-state index in [2.05, 4.69) is 118 Å². The molecular weight excluding hydrogens is 813 g/mol. The zero-order valence-corrected chi connectivity index (χ0v) is 40.4. The average molecular weight is 898 g/mol. The van der Waals surface area contributed by atoms with Gasteiger partial charge in [-0.15, -0.1) is 0 Å². The SMILES string of the molecule is CCCCCCCCN(CCOS)CC(CN(CC(CN(CCCCCCCC)CCOS)OS)CC(CN(CCCCCCCC)CCOS)OS)OS. The van der Waals surface area contributed by atoms with Crippen LogP contribution < -0.4 is 0 Å². The first-order valence-electron chi connectivity index (χ1n) is 21.5. The molecule has 10 nitrogen and oxygen atoms in total. The highest BCUT2D eigenvalue weighted by atomic mass is 32.1. The van der Waals surface area contributed by atoms with Gasteiger partial charge in [0.25, 0.3) is 0 Å². The first-order valence-corrected chi connectivity index (χ1v) is 23.7. The van der Waals surface area contributed by atoms with Gasteiger partial charge in [0.1, 0.15) is 0 Å². The summed E-state index contributed by atoms with van der Waals surface area (Å²) in [7, 11) is 0. The van der Waals surface area contributed by atoms with E-state index in [4.69, 9.17) is 25.1 Å². The minimum atomic E-state index is -0.168. The van der Waals surface area contributed by atoms with E-state index in [9.17, 15) is 0 Å². The second-order valence-corrected chi connectivity index (χ2v) is 16.5. The zero-order valence-electron chi connectivity index (χ0n) is 35.0. The fraction of sp³-hybridized carbons (Fsp3) is 1.00. The Hall–Kier alpha value is 1.70. The summed E-state index contributed by atoms with van der Waals surface area (Å²) in [6.07, 6.45) is 21.9. The van der Waals surface area contributed by atoms with Gasteiger partial charge in [0, 0.05) is 58.9 Å². The summed E-state index contributed by atoms with van der Waals surface area (Å²) >= 11 is 25.3. The lowest BCUT2D eigenvalue weighted by atomic mass is 10.1. The number of rotatable bonds is 45. The van der Waals surface area contributed by atoms with Crippen LogP contribution in [-0.4, -0.2) is 136 Å². The van der Waals surface area contributed by atoms with Crippen LogP contribution in [0.4, 0.5) is 0 Å². The third-order valence-electron chi connectivity index (χ3n) is 10.2. The Morgan fingerprint density at radius 2 is 0.545 bits per heavy atom. The molecule has 0 rings (SSSR count). The number of unbranched alkanes of at least 4 members (excludes halogenated alkanes) is 15. The standard InChI is InChI=1S/C39H84N4O6S6/c1-4-7-10-13-16-19-22-40(25-28-44-50)31-37(47-53)34-43(35-38(48-54)32-41(26-29-45-51)23-20-17-14-11-8-5-2)36-39(49-55)33-42(27-30-46-52)24-21-18-15-12-9-6-3/h37-39,50-55H,4-36H2,1-3H3. The summed E-state index contributed by atoms with van der Waals surface area (Å²) in [5.74, 6) is 0. The Morgan fingerprint density at radius 3 is 0.782 bits per heavy atom. The van der Waals surface area contributed by atoms with Crippen molar-refractivity contribution in [1.82, 2.24) is 19.6 Å². The molecule has 0 spiro atoms. The topological polar surface area (TPSA) is 68.3 Å². The lowest BCUT2D eigenvalue weighted by molar-refractivity contribution is 0.0410. The second-order valence-electron chi connectivity index (χ2n) is 15.1. The van der Waals surface area contributed by atoms with Crippen LogP contribution in [0.1, 0.15) is 136 Å². The maximum atomic E-state index is 5.90. The smallest absolute Gasteiger partial charge is 0.0972 e. The Kier molecular flexibility index (Phi) is 45.1.